The van der Waals surface area contributed by atoms with Gasteiger partial charge in [-0.15, -0.1) is 11.3 Å². The fraction of sp³-hybridized carbons (Fsp3) is 0.556. The van der Waals surface area contributed by atoms with Gasteiger partial charge in [0.05, 0.1) is 9.75 Å². The average molecular weight is 401 g/mol. The van der Waals surface area contributed by atoms with E-state index in [-0.39, 0.29) is 23.2 Å². The number of rotatable bonds is 5. The van der Waals surface area contributed by atoms with Gasteiger partial charge in [0.15, 0.2) is 0 Å². The summed E-state index contributed by atoms with van der Waals surface area (Å²) >= 11 is 1.09. The predicted octanol–water partition coefficient (Wildman–Crippen LogP) is 4.37. The van der Waals surface area contributed by atoms with Gasteiger partial charge in [-0.1, -0.05) is 24.4 Å². The summed E-state index contributed by atoms with van der Waals surface area (Å²) in [4.78, 5) is 13.4. The van der Waals surface area contributed by atoms with Crippen LogP contribution in [-0.2, 0) is 6.18 Å². The van der Waals surface area contributed by atoms with E-state index in [9.17, 15) is 18.0 Å². The minimum atomic E-state index is -4.60. The number of aromatic nitrogens is 1. The number of hydrogen-bond acceptors (Lipinski definition) is 5. The zero-order valence-corrected chi connectivity index (χ0v) is 15.8. The molecule has 0 aliphatic heterocycles. The highest BCUT2D eigenvalue weighted by Gasteiger charge is 2.39. The van der Waals surface area contributed by atoms with Gasteiger partial charge >= 0.3 is 6.18 Å². The molecule has 2 aromatic rings. The van der Waals surface area contributed by atoms with Crippen molar-refractivity contribution in [2.45, 2.75) is 51.2 Å². The van der Waals surface area contributed by atoms with E-state index in [0.29, 0.717) is 22.2 Å². The van der Waals surface area contributed by atoms with Crippen molar-refractivity contribution in [1.82, 2.24) is 10.5 Å². The molecule has 0 aromatic carbocycles. The number of carbonyl (C=O) groups excluding carboxylic acids is 1. The monoisotopic (exact) mass is 401 g/mol. The number of halogens is 3. The highest BCUT2D eigenvalue weighted by atomic mass is 32.1. The van der Waals surface area contributed by atoms with E-state index < -0.39 is 11.9 Å². The Morgan fingerprint density at radius 3 is 2.67 bits per heavy atom. The molecule has 1 fully saturated rings. The van der Waals surface area contributed by atoms with Crippen LogP contribution in [-0.4, -0.2) is 23.7 Å². The number of alkyl halides is 3. The SMILES string of the molecule is Cc1c(-c2ccc(C(=O)N[C@@H](CN)C3CCCCC3)s2)noc1C(F)(F)F. The fourth-order valence-electron chi connectivity index (χ4n) is 3.56. The molecular formula is C18H22F3N3O2S. The Morgan fingerprint density at radius 2 is 2.07 bits per heavy atom. The topological polar surface area (TPSA) is 81.2 Å². The van der Waals surface area contributed by atoms with Crippen LogP contribution in [0.5, 0.6) is 0 Å². The second-order valence-electron chi connectivity index (χ2n) is 6.86. The van der Waals surface area contributed by atoms with Gasteiger partial charge in [-0.25, -0.2) is 0 Å². The lowest BCUT2D eigenvalue weighted by Gasteiger charge is -2.29. The number of amides is 1. The maximum Gasteiger partial charge on any atom is 0.452 e. The Kier molecular flexibility index (Phi) is 5.90. The van der Waals surface area contributed by atoms with Crippen molar-refractivity contribution in [3.05, 3.63) is 28.3 Å². The lowest BCUT2D eigenvalue weighted by molar-refractivity contribution is -0.156. The minimum Gasteiger partial charge on any atom is -0.351 e. The molecular weight excluding hydrogens is 379 g/mol. The van der Waals surface area contributed by atoms with Gasteiger partial charge < -0.3 is 15.6 Å². The summed E-state index contributed by atoms with van der Waals surface area (Å²) < 4.78 is 43.1. The van der Waals surface area contributed by atoms with E-state index >= 15 is 0 Å². The van der Waals surface area contributed by atoms with Crippen molar-refractivity contribution in [1.29, 1.82) is 0 Å². The lowest BCUT2D eigenvalue weighted by atomic mass is 9.84. The van der Waals surface area contributed by atoms with E-state index in [1.165, 1.54) is 13.3 Å². The number of hydrogen-bond donors (Lipinski definition) is 2. The van der Waals surface area contributed by atoms with Gasteiger partial charge in [0.2, 0.25) is 5.76 Å². The van der Waals surface area contributed by atoms with Crippen molar-refractivity contribution in [3.63, 3.8) is 0 Å². The van der Waals surface area contributed by atoms with Crippen molar-refractivity contribution >= 4 is 17.2 Å². The second-order valence-corrected chi connectivity index (χ2v) is 7.94. The van der Waals surface area contributed by atoms with Crippen LogP contribution in [0.25, 0.3) is 10.6 Å². The lowest BCUT2D eigenvalue weighted by Crippen LogP contribution is -2.45. The molecule has 3 N–H and O–H groups in total. The van der Waals surface area contributed by atoms with E-state index in [0.717, 1.165) is 37.0 Å². The predicted molar refractivity (Wildman–Crippen MR) is 96.4 cm³/mol. The smallest absolute Gasteiger partial charge is 0.351 e. The number of nitrogens with two attached hydrogens (primary N) is 1. The molecule has 2 heterocycles. The summed E-state index contributed by atoms with van der Waals surface area (Å²) in [5.74, 6) is -0.999. The minimum absolute atomic E-state index is 0.0849. The first-order chi connectivity index (χ1) is 12.8. The zero-order valence-electron chi connectivity index (χ0n) is 14.9. The van der Waals surface area contributed by atoms with Crippen LogP contribution in [0.3, 0.4) is 0 Å². The summed E-state index contributed by atoms with van der Waals surface area (Å²) in [6.45, 7) is 1.67. The molecule has 148 valence electrons. The Bertz CT molecular complexity index is 794. The molecule has 1 aliphatic rings. The molecule has 1 saturated carbocycles. The maximum atomic E-state index is 12.9. The second kappa shape index (κ2) is 8.02. The van der Waals surface area contributed by atoms with Crippen LogP contribution >= 0.6 is 11.3 Å². The third-order valence-corrected chi connectivity index (χ3v) is 6.12. The summed E-state index contributed by atoms with van der Waals surface area (Å²) in [6, 6.07) is 3.09. The molecule has 9 heteroatoms. The van der Waals surface area contributed by atoms with Crippen LogP contribution in [0.15, 0.2) is 16.7 Å². The molecule has 27 heavy (non-hydrogen) atoms. The maximum absolute atomic E-state index is 12.9. The van der Waals surface area contributed by atoms with Crippen LogP contribution in [0, 0.1) is 12.8 Å². The van der Waals surface area contributed by atoms with E-state index in [4.69, 9.17) is 5.73 Å². The summed E-state index contributed by atoms with van der Waals surface area (Å²) in [5.41, 5.74) is 5.87. The Hall–Kier alpha value is -1.87. The Balaban J connectivity index is 1.73. The first-order valence-electron chi connectivity index (χ1n) is 8.96. The fourth-order valence-corrected chi connectivity index (χ4v) is 4.51. The van der Waals surface area contributed by atoms with Crippen LogP contribution in [0.4, 0.5) is 13.2 Å². The number of carbonyl (C=O) groups is 1. The van der Waals surface area contributed by atoms with Gasteiger partial charge in [-0.05, 0) is 37.8 Å². The van der Waals surface area contributed by atoms with Crippen LogP contribution in [0.2, 0.25) is 0 Å². The molecule has 1 atom stereocenters. The molecule has 0 unspecified atom stereocenters. The van der Waals surface area contributed by atoms with E-state index in [2.05, 4.69) is 15.0 Å². The Morgan fingerprint density at radius 1 is 1.37 bits per heavy atom. The van der Waals surface area contributed by atoms with Crippen molar-refractivity contribution in [3.8, 4) is 10.6 Å². The standard InChI is InChI=1S/C18H22F3N3O2S/c1-10-15(24-26-16(10)18(19,20)21)13-7-8-14(27-13)17(25)23-12(9-22)11-5-3-2-4-6-11/h7-8,11-12H,2-6,9,22H2,1H3,(H,23,25)/t12-/m0/s1. The van der Waals surface area contributed by atoms with Gasteiger partial charge in [0.25, 0.3) is 5.91 Å². The van der Waals surface area contributed by atoms with Gasteiger partial charge in [-0.3, -0.25) is 4.79 Å². The highest BCUT2D eigenvalue weighted by molar-refractivity contribution is 7.17. The van der Waals surface area contributed by atoms with E-state index in [1.807, 2.05) is 0 Å². The van der Waals surface area contributed by atoms with Crippen molar-refractivity contribution < 1.29 is 22.5 Å². The van der Waals surface area contributed by atoms with Gasteiger partial charge in [0.1, 0.15) is 5.69 Å². The number of nitrogens with zero attached hydrogens (tertiary/aromatic N) is 1. The molecule has 0 radical (unpaired) electrons. The van der Waals surface area contributed by atoms with Crippen molar-refractivity contribution in [2.24, 2.45) is 11.7 Å². The van der Waals surface area contributed by atoms with Crippen LogP contribution in [0.1, 0.15) is 53.1 Å². The third kappa shape index (κ3) is 4.35. The van der Waals surface area contributed by atoms with Crippen molar-refractivity contribution in [2.75, 3.05) is 6.54 Å². The molecule has 2 aromatic heterocycles. The van der Waals surface area contributed by atoms with Gasteiger partial charge in [-0.2, -0.15) is 13.2 Å². The normalized spacial score (nSPS) is 17.1. The number of thiophene rings is 1. The average Bonchev–Trinajstić information content (AvgIpc) is 3.26. The third-order valence-electron chi connectivity index (χ3n) is 5.03. The first-order valence-corrected chi connectivity index (χ1v) is 9.77. The molecule has 3 rings (SSSR count). The van der Waals surface area contributed by atoms with Gasteiger partial charge in [0, 0.05) is 18.2 Å². The highest BCUT2D eigenvalue weighted by Crippen LogP contribution is 2.38. The summed E-state index contributed by atoms with van der Waals surface area (Å²) in [7, 11) is 0. The molecule has 1 amide bonds. The molecule has 5 nitrogen and oxygen atoms in total. The summed E-state index contributed by atoms with van der Waals surface area (Å²) in [5, 5.41) is 6.52. The zero-order chi connectivity index (χ0) is 19.6. The molecule has 0 spiro atoms. The first kappa shape index (κ1) is 19.9. The molecule has 0 bridgehead atoms. The van der Waals surface area contributed by atoms with Crippen LogP contribution < -0.4 is 11.1 Å². The summed E-state index contributed by atoms with van der Waals surface area (Å²) in [6.07, 6.45) is 1.01. The Labute approximate surface area is 159 Å². The van der Waals surface area contributed by atoms with E-state index in [1.54, 1.807) is 12.1 Å². The molecule has 0 saturated heterocycles. The number of nitrogens with one attached hydrogen (secondary N) is 1. The molecule has 1 aliphatic carbocycles. The largest absolute Gasteiger partial charge is 0.452 e. The quantitative estimate of drug-likeness (QED) is 0.780.